The first-order valence-corrected chi connectivity index (χ1v) is 43.9. The van der Waals surface area contributed by atoms with E-state index in [1.807, 2.05) is 0 Å². The van der Waals surface area contributed by atoms with Gasteiger partial charge in [0.25, 0.3) is 0 Å². The van der Waals surface area contributed by atoms with Gasteiger partial charge in [-0.05, 0) is 319 Å². The number of fused-ring (bicyclic) bond motifs is 4. The van der Waals surface area contributed by atoms with Crippen molar-refractivity contribution in [3.05, 3.63) is 461 Å². The van der Waals surface area contributed by atoms with Crippen molar-refractivity contribution in [1.82, 2.24) is 19.9 Å². The third kappa shape index (κ3) is 13.5. The molecule has 0 N–H and O–H groups in total. The fraction of sp³-hybridized carbons (Fsp3) is 0. The topological polar surface area (TPSA) is 54.0 Å². The maximum atomic E-state index is 6.72. The van der Waals surface area contributed by atoms with E-state index < -0.39 is 0 Å². The van der Waals surface area contributed by atoms with Gasteiger partial charge in [-0.15, -0.1) is 22.1 Å². The molecule has 0 radical (unpaired) electrons. The zero-order chi connectivity index (χ0) is 84.3. The van der Waals surface area contributed by atoms with Crippen LogP contribution in [-0.2, 0) is 21.1 Å². The van der Waals surface area contributed by atoms with Gasteiger partial charge in [0.05, 0.1) is 22.8 Å². The van der Waals surface area contributed by atoms with Crippen molar-refractivity contribution in [1.29, 1.82) is 0 Å². The van der Waals surface area contributed by atoms with E-state index in [1.54, 1.807) is 0 Å². The Hall–Kier alpha value is -16.2. The summed E-state index contributed by atoms with van der Waals surface area (Å²) in [5, 5.41) is 12.5. The van der Waals surface area contributed by atoms with Gasteiger partial charge in [0, 0.05) is 22.3 Å². The van der Waals surface area contributed by atoms with Crippen LogP contribution in [0.25, 0.3) is 265 Å². The molecule has 0 saturated heterocycles. The third-order valence-electron chi connectivity index (χ3n) is 26.1. The molecule has 20 aromatic carbocycles. The van der Waals surface area contributed by atoms with Crippen molar-refractivity contribution >= 4 is 86.7 Å². The van der Waals surface area contributed by atoms with Gasteiger partial charge in [-0.25, -0.2) is 9.97 Å². The van der Waals surface area contributed by atoms with E-state index in [1.165, 1.54) is 0 Å². The summed E-state index contributed by atoms with van der Waals surface area (Å²) in [6.07, 6.45) is 0. The molecule has 0 fully saturated rings. The normalized spacial score (nSPS) is 11.7. The average molecular weight is 1820 g/mol. The van der Waals surface area contributed by atoms with E-state index >= 15 is 0 Å². The summed E-state index contributed by atoms with van der Waals surface area (Å²) in [7, 11) is 0. The van der Waals surface area contributed by atoms with Gasteiger partial charge in [-0.3, -0.25) is 0 Å². The summed E-state index contributed by atoms with van der Waals surface area (Å²) in [5.74, 6) is 0. The Morgan fingerprint density at radius 3 is 0.434 bits per heavy atom. The van der Waals surface area contributed by atoms with Crippen LogP contribution in [0, 0.1) is 0 Å². The van der Waals surface area contributed by atoms with Crippen LogP contribution < -0.4 is 9.97 Å². The fourth-order valence-corrected chi connectivity index (χ4v) is 20.0. The molecule has 602 valence electrons. The van der Waals surface area contributed by atoms with Gasteiger partial charge in [-0.1, -0.05) is 340 Å². The van der Waals surface area contributed by atoms with E-state index in [0.717, 1.165) is 265 Å². The molecular weight excluding hydrogens is 1740 g/mol. The molecule has 0 unspecified atom stereocenters. The Kier molecular flexibility index (Phi) is 18.8. The molecule has 4 heterocycles. The van der Waals surface area contributed by atoms with Gasteiger partial charge in [-0.2, -0.15) is 0 Å². The van der Waals surface area contributed by atoms with Crippen LogP contribution in [0.1, 0.15) is 0 Å². The molecule has 1 aliphatic carbocycles. The number of hydrogen-bond acceptors (Lipinski definition) is 2. The van der Waals surface area contributed by atoms with E-state index in [2.05, 4.69) is 461 Å². The minimum Gasteiger partial charge on any atom is -0.656 e. The quantitative estimate of drug-likeness (QED) is 0.122. The van der Waals surface area contributed by atoms with E-state index in [0.29, 0.717) is 0 Å². The molecule has 129 heavy (non-hydrogen) atoms. The molecule has 0 amide bonds. The van der Waals surface area contributed by atoms with Crippen molar-refractivity contribution < 1.29 is 21.1 Å². The summed E-state index contributed by atoms with van der Waals surface area (Å²) in [6, 6.07) is 170. The van der Waals surface area contributed by atoms with Crippen LogP contribution in [0.4, 0.5) is 0 Å². The first-order valence-electron chi connectivity index (χ1n) is 43.9. The molecule has 8 bridgehead atoms. The van der Waals surface area contributed by atoms with E-state index in [9.17, 15) is 0 Å². The SMILES string of the molecule is [Pt+2].c1ccc(-c2cc(-c3ccccc3)cc(-c3c4nc(c(-c5cc(-c6ccccc6)cc(-c6ccccc6)c5)c5[n-]c(c(-c6cc(-c7ccccc7)cc(-c7ccccc7)c6)c6nc(c(-c7cc(-c8ccccc8)cc(-c8ccccc8)c7)c7[n-]c3c3cc8ccccc8cc73)-c3cc7ccccc7cc3-6)c3cc6ccccc6cc53)-c3cc5ccccc5cc3-4)c2)cc1. The van der Waals surface area contributed by atoms with Crippen LogP contribution >= 0.6 is 0 Å². The van der Waals surface area contributed by atoms with Gasteiger partial charge in [0.15, 0.2) is 0 Å². The van der Waals surface area contributed by atoms with Gasteiger partial charge < -0.3 is 9.97 Å². The van der Waals surface area contributed by atoms with Gasteiger partial charge >= 0.3 is 21.1 Å². The smallest absolute Gasteiger partial charge is 0.656 e. The number of aromatic nitrogens is 4. The van der Waals surface area contributed by atoms with Crippen molar-refractivity contribution in [2.24, 2.45) is 0 Å². The summed E-state index contributed by atoms with van der Waals surface area (Å²) >= 11 is 0. The van der Waals surface area contributed by atoms with Gasteiger partial charge in [0.1, 0.15) is 0 Å². The van der Waals surface area contributed by atoms with E-state index in [4.69, 9.17) is 19.9 Å². The van der Waals surface area contributed by atoms with Crippen molar-refractivity contribution in [2.75, 3.05) is 0 Å². The fourth-order valence-electron chi connectivity index (χ4n) is 20.0. The third-order valence-corrected chi connectivity index (χ3v) is 26.1. The predicted octanol–water partition coefficient (Wildman–Crippen LogP) is 33.2. The van der Waals surface area contributed by atoms with Crippen LogP contribution in [0.3, 0.4) is 0 Å². The molecule has 4 nitrogen and oxygen atoms in total. The second-order valence-electron chi connectivity index (χ2n) is 33.8. The Morgan fingerprint density at radius 2 is 0.271 bits per heavy atom. The summed E-state index contributed by atoms with van der Waals surface area (Å²) in [5.41, 5.74) is 34.5. The average Bonchev–Trinajstić information content (AvgIpc) is 1.55. The molecule has 0 atom stereocenters. The summed E-state index contributed by atoms with van der Waals surface area (Å²) < 4.78 is 0. The maximum absolute atomic E-state index is 6.72. The standard InChI is InChI=1S/C124H76N4.Pt/c1-9-33-77(34-10-1)93-57-94(78-35-11-2-12-36-78)62-101(61-93)113-117-105-69-85-49-25-27-51-87(85)71-107(105)119(125-117)114(102-63-95(79-37-13-3-14-38-79)58-96(64-102)80-39-15-4-16-40-80)121-109-73-89-53-29-31-55-91(89)75-111(109)123(127-121)116(104-67-99(83-45-21-7-22-46-83)60-100(68-104)84-47-23-8-24-48-84)124-112-76-92-56-32-30-54-90(92)74-110(112)122(128-124)115(120-108-72-88-52-28-26-50-86(88)70-106(108)118(113)126-120)103-65-97(81-41-17-5-18-42-81)59-98(66-103)82-43-19-6-20-44-82;/h1-76H;/q-2;+2. The number of hydrogen-bond donors (Lipinski definition) is 0. The van der Waals surface area contributed by atoms with Crippen LogP contribution in [0.5, 0.6) is 0 Å². The number of rotatable bonds is 12. The largest absolute Gasteiger partial charge is 2.00 e. The molecule has 2 aliphatic heterocycles. The number of benzene rings is 20. The Balaban J connectivity index is 0.00000924. The van der Waals surface area contributed by atoms with Crippen molar-refractivity contribution in [3.8, 4) is 179 Å². The second kappa shape index (κ2) is 31.8. The molecular formula is C124H76N4Pt. The molecule has 22 aromatic rings. The monoisotopic (exact) mass is 1820 g/mol. The Morgan fingerprint density at radius 1 is 0.132 bits per heavy atom. The molecule has 5 heteroatoms. The first kappa shape index (κ1) is 76.4. The molecule has 25 rings (SSSR count). The van der Waals surface area contributed by atoms with Crippen molar-refractivity contribution in [2.45, 2.75) is 0 Å². The number of nitrogens with zero attached hydrogens (tertiary/aromatic N) is 4. The first-order chi connectivity index (χ1) is 63.4. The zero-order valence-electron chi connectivity index (χ0n) is 70.0. The Bertz CT molecular complexity index is 7400. The summed E-state index contributed by atoms with van der Waals surface area (Å²) in [4.78, 5) is 26.9. The zero-order valence-corrected chi connectivity index (χ0v) is 72.3. The minimum atomic E-state index is 0. The summed E-state index contributed by atoms with van der Waals surface area (Å²) in [6.45, 7) is 0. The maximum Gasteiger partial charge on any atom is 2.00 e. The molecule has 3 aliphatic rings. The van der Waals surface area contributed by atoms with Crippen LogP contribution in [0.15, 0.2) is 461 Å². The van der Waals surface area contributed by atoms with Crippen LogP contribution in [-0.4, -0.2) is 9.97 Å². The van der Waals surface area contributed by atoms with Crippen molar-refractivity contribution in [3.63, 3.8) is 0 Å². The Labute approximate surface area is 761 Å². The van der Waals surface area contributed by atoms with E-state index in [-0.39, 0.29) is 21.1 Å². The molecule has 0 saturated carbocycles. The molecule has 2 aromatic heterocycles. The van der Waals surface area contributed by atoms with Gasteiger partial charge in [0.2, 0.25) is 0 Å². The van der Waals surface area contributed by atoms with Crippen LogP contribution in [0.2, 0.25) is 0 Å². The molecule has 0 spiro atoms. The predicted molar refractivity (Wildman–Crippen MR) is 538 cm³/mol. The second-order valence-corrected chi connectivity index (χ2v) is 33.8. The minimum absolute atomic E-state index is 0.